The molecule has 0 radical (unpaired) electrons. The first-order valence-corrected chi connectivity index (χ1v) is 22.6. The van der Waals surface area contributed by atoms with E-state index in [0.717, 1.165) is 42.1 Å². The van der Waals surface area contributed by atoms with Crippen molar-refractivity contribution in [1.29, 1.82) is 5.26 Å². The maximum atomic E-state index is 15.3. The standard InChI is InChI=1S/C44H49F2N9O7S/c1-3-52(2)63(60,61)51-37-9-7-34(45)41(33(37)24-47)62-30-5-8-36-32(21-30)43(59)55(26-48-36)29-22-44(23-29)14-18-54(19-15-44)40(57)25-53-16-12-27(13-17-53)31-6-4-28(20-35(31)46)49-38-10-11-39(56)50-42(38)58/h4-9,20-21,26-27,29,38,49,51H,3,10-19,22-23,25H2,1-2H3,(H,50,56,58). The van der Waals surface area contributed by atoms with Crippen LogP contribution in [0.2, 0.25) is 0 Å². The SMILES string of the molecule is CCN(C)S(=O)(=O)Nc1ccc(F)c(Oc2ccc3ncn(C4CC5(CCN(C(=O)CN6CCC(c7ccc(NC8CCC(=O)NC8=O)cc7F)CC6)CC5)C4)c(=O)c3c2)c1C#N. The molecule has 1 atom stereocenters. The minimum Gasteiger partial charge on any atom is -0.453 e. The van der Waals surface area contributed by atoms with Crippen molar-refractivity contribution in [2.45, 2.75) is 76.3 Å². The summed E-state index contributed by atoms with van der Waals surface area (Å²) in [6.07, 6.45) is 6.68. The van der Waals surface area contributed by atoms with Crippen LogP contribution in [0.1, 0.15) is 81.4 Å². The van der Waals surface area contributed by atoms with Crippen molar-refractivity contribution < 1.29 is 36.3 Å². The number of hydrogen-bond acceptors (Lipinski definition) is 11. The summed E-state index contributed by atoms with van der Waals surface area (Å²) in [6, 6.07) is 12.7. The number of ether oxygens (including phenoxy) is 1. The Bertz CT molecular complexity index is 2670. The third kappa shape index (κ3) is 9.11. The molecule has 3 aliphatic heterocycles. The Kier molecular flexibility index (Phi) is 12.2. The van der Waals surface area contributed by atoms with Crippen LogP contribution in [-0.4, -0.2) is 102 Å². The molecule has 3 N–H and O–H groups in total. The largest absolute Gasteiger partial charge is 0.453 e. The molecule has 0 bridgehead atoms. The molecule has 332 valence electrons. The average molecular weight is 886 g/mol. The predicted octanol–water partition coefficient (Wildman–Crippen LogP) is 4.99. The summed E-state index contributed by atoms with van der Waals surface area (Å²) in [6.45, 7) is 4.68. The summed E-state index contributed by atoms with van der Waals surface area (Å²) in [5.74, 6) is -2.30. The third-order valence-electron chi connectivity index (χ3n) is 13.2. The van der Waals surface area contributed by atoms with Gasteiger partial charge in [0, 0.05) is 44.8 Å². The molecule has 1 aliphatic carbocycles. The van der Waals surface area contributed by atoms with Gasteiger partial charge in [-0.3, -0.25) is 38.7 Å². The summed E-state index contributed by atoms with van der Waals surface area (Å²) < 4.78 is 66.4. The molecule has 4 aliphatic rings. The number of anilines is 2. The third-order valence-corrected chi connectivity index (χ3v) is 14.7. The highest BCUT2D eigenvalue weighted by Gasteiger charge is 2.47. The number of nitrogens with one attached hydrogen (secondary N) is 3. The quantitative estimate of drug-likeness (QED) is 0.162. The van der Waals surface area contributed by atoms with Gasteiger partial charge >= 0.3 is 10.2 Å². The second-order valence-corrected chi connectivity index (χ2v) is 18.8. The molecule has 4 fully saturated rings. The molecule has 3 saturated heterocycles. The van der Waals surface area contributed by atoms with E-state index in [4.69, 9.17) is 4.74 Å². The van der Waals surface area contributed by atoms with Crippen LogP contribution < -0.4 is 25.7 Å². The first kappa shape index (κ1) is 43.7. The number of carbonyl (C=O) groups excluding carboxylic acids is 3. The molecule has 16 nitrogen and oxygen atoms in total. The lowest BCUT2D eigenvalue weighted by Crippen LogP contribution is -2.52. The topological polar surface area (TPSA) is 199 Å². The van der Waals surface area contributed by atoms with Gasteiger partial charge in [0.05, 0.1) is 29.5 Å². The first-order chi connectivity index (χ1) is 30.2. The van der Waals surface area contributed by atoms with Crippen molar-refractivity contribution in [2.24, 2.45) is 5.41 Å². The second-order valence-electron chi connectivity index (χ2n) is 17.0. The summed E-state index contributed by atoms with van der Waals surface area (Å²) in [4.78, 5) is 59.4. The number of hydrogen-bond donors (Lipinski definition) is 3. The number of rotatable bonds is 12. The number of likely N-dealkylation sites (tertiary alicyclic amines) is 2. The van der Waals surface area contributed by atoms with Gasteiger partial charge in [0.25, 0.3) is 5.56 Å². The van der Waals surface area contributed by atoms with Crippen molar-refractivity contribution in [3.63, 3.8) is 0 Å². The number of amides is 3. The van der Waals surface area contributed by atoms with Gasteiger partial charge in [0.15, 0.2) is 11.6 Å². The molecule has 3 amide bonds. The zero-order valence-electron chi connectivity index (χ0n) is 35.0. The Morgan fingerprint density at radius 1 is 1.02 bits per heavy atom. The van der Waals surface area contributed by atoms with Gasteiger partial charge in [0.2, 0.25) is 17.7 Å². The molecule has 4 aromatic rings. The molecule has 1 spiro atoms. The predicted molar refractivity (Wildman–Crippen MR) is 229 cm³/mol. The minimum atomic E-state index is -4.02. The van der Waals surface area contributed by atoms with Crippen LogP contribution in [0.3, 0.4) is 0 Å². The van der Waals surface area contributed by atoms with Gasteiger partial charge in [-0.2, -0.15) is 18.0 Å². The van der Waals surface area contributed by atoms with Gasteiger partial charge in [-0.15, -0.1) is 0 Å². The molecule has 8 rings (SSSR count). The maximum Gasteiger partial charge on any atom is 0.301 e. The Balaban J connectivity index is 0.832. The van der Waals surface area contributed by atoms with Gasteiger partial charge in [-0.25, -0.2) is 13.8 Å². The molecular weight excluding hydrogens is 837 g/mol. The van der Waals surface area contributed by atoms with Crippen molar-refractivity contribution in [1.82, 2.24) is 29.0 Å². The number of nitrogens with zero attached hydrogens (tertiary/aromatic N) is 6. The van der Waals surface area contributed by atoms with E-state index in [1.54, 1.807) is 29.7 Å². The highest BCUT2D eigenvalue weighted by molar-refractivity contribution is 7.90. The minimum absolute atomic E-state index is 0.000151. The van der Waals surface area contributed by atoms with E-state index >= 15 is 8.78 Å². The number of fused-ring (bicyclic) bond motifs is 1. The van der Waals surface area contributed by atoms with E-state index < -0.39 is 33.7 Å². The zero-order valence-corrected chi connectivity index (χ0v) is 35.8. The van der Waals surface area contributed by atoms with Crippen LogP contribution >= 0.6 is 0 Å². The summed E-state index contributed by atoms with van der Waals surface area (Å²) in [7, 11) is -2.66. The van der Waals surface area contributed by atoms with Crippen molar-refractivity contribution in [3.05, 3.63) is 88.0 Å². The Hall–Kier alpha value is -5.97. The number of aromatic nitrogens is 2. The molecular formula is C44H49F2N9O7S. The van der Waals surface area contributed by atoms with Gasteiger partial charge in [-0.1, -0.05) is 13.0 Å². The van der Waals surface area contributed by atoms with Gasteiger partial charge < -0.3 is 15.0 Å². The number of halogens is 2. The Morgan fingerprint density at radius 2 is 1.76 bits per heavy atom. The molecule has 1 aromatic heterocycles. The fourth-order valence-electron chi connectivity index (χ4n) is 9.25. The van der Waals surface area contributed by atoms with Crippen LogP contribution in [0.4, 0.5) is 20.2 Å². The van der Waals surface area contributed by atoms with E-state index in [1.807, 2.05) is 11.0 Å². The lowest BCUT2D eigenvalue weighted by Gasteiger charge is -2.52. The van der Waals surface area contributed by atoms with E-state index in [9.17, 15) is 32.9 Å². The van der Waals surface area contributed by atoms with Crippen molar-refractivity contribution >= 4 is 50.2 Å². The molecule has 63 heavy (non-hydrogen) atoms. The zero-order chi connectivity index (χ0) is 44.6. The molecule has 1 saturated carbocycles. The van der Waals surface area contributed by atoms with Crippen LogP contribution in [0.25, 0.3) is 10.9 Å². The summed E-state index contributed by atoms with van der Waals surface area (Å²) in [5.41, 5.74) is 0.688. The second kappa shape index (κ2) is 17.7. The molecule has 4 heterocycles. The van der Waals surface area contributed by atoms with E-state index in [1.165, 1.54) is 31.6 Å². The van der Waals surface area contributed by atoms with E-state index in [0.29, 0.717) is 68.8 Å². The highest BCUT2D eigenvalue weighted by Crippen LogP contribution is 2.54. The molecule has 3 aromatic carbocycles. The van der Waals surface area contributed by atoms with Gasteiger partial charge in [-0.05, 0) is 117 Å². The average Bonchev–Trinajstić information content (AvgIpc) is 3.25. The lowest BCUT2D eigenvalue weighted by atomic mass is 9.60. The number of carbonyl (C=O) groups is 3. The summed E-state index contributed by atoms with van der Waals surface area (Å²) >= 11 is 0. The molecule has 19 heteroatoms. The fourth-order valence-corrected chi connectivity index (χ4v) is 10.2. The maximum absolute atomic E-state index is 15.3. The molecule has 1 unspecified atom stereocenters. The summed E-state index contributed by atoms with van der Waals surface area (Å²) in [5, 5.41) is 15.5. The van der Waals surface area contributed by atoms with Crippen LogP contribution in [0, 0.1) is 28.4 Å². The van der Waals surface area contributed by atoms with Gasteiger partial charge in [0.1, 0.15) is 29.2 Å². The monoisotopic (exact) mass is 885 g/mol. The van der Waals surface area contributed by atoms with E-state index in [-0.39, 0.29) is 75.9 Å². The number of nitriles is 1. The fraction of sp³-hybridized carbons (Fsp3) is 0.455. The van der Waals surface area contributed by atoms with Crippen molar-refractivity contribution in [3.8, 4) is 17.6 Å². The Morgan fingerprint density at radius 3 is 2.44 bits per heavy atom. The number of piperidine rings is 3. The lowest BCUT2D eigenvalue weighted by molar-refractivity contribution is -0.137. The normalized spacial score (nSPS) is 19.7. The smallest absolute Gasteiger partial charge is 0.301 e. The van der Waals surface area contributed by atoms with Crippen LogP contribution in [0.5, 0.6) is 11.5 Å². The highest BCUT2D eigenvalue weighted by atomic mass is 32.2. The Labute approximate surface area is 363 Å². The van der Waals surface area contributed by atoms with Crippen LogP contribution in [-0.2, 0) is 24.6 Å². The van der Waals surface area contributed by atoms with Crippen LogP contribution in [0.15, 0.2) is 59.7 Å². The van der Waals surface area contributed by atoms with E-state index in [2.05, 4.69) is 25.2 Å². The first-order valence-electron chi connectivity index (χ1n) is 21.2. The number of imide groups is 1. The van der Waals surface area contributed by atoms with Crippen molar-refractivity contribution in [2.75, 3.05) is 56.4 Å². The number of benzene rings is 3.